The highest BCUT2D eigenvalue weighted by Gasteiger charge is 2.43. The van der Waals surface area contributed by atoms with Crippen LogP contribution in [0.5, 0.6) is 0 Å². The number of ketones is 1. The summed E-state index contributed by atoms with van der Waals surface area (Å²) in [4.78, 5) is 75.3. The molecule has 12 nitrogen and oxygen atoms in total. The molecule has 1 unspecified atom stereocenters. The Kier molecular flexibility index (Phi) is 17.3. The molecule has 1 aliphatic rings. The van der Waals surface area contributed by atoms with E-state index in [1.165, 1.54) is 0 Å². The highest BCUT2D eigenvalue weighted by atomic mass is 19.4. The van der Waals surface area contributed by atoms with E-state index in [0.717, 1.165) is 10.8 Å². The maximum Gasteiger partial charge on any atom is 0.389 e. The minimum absolute atomic E-state index is 0. The second-order valence-corrected chi connectivity index (χ2v) is 13.1. The number of urea groups is 1. The van der Waals surface area contributed by atoms with Gasteiger partial charge >= 0.3 is 18.2 Å². The Morgan fingerprint density at radius 1 is 0.955 bits per heavy atom. The molecule has 0 spiro atoms. The van der Waals surface area contributed by atoms with Crippen LogP contribution >= 0.6 is 0 Å². The number of hydrogen-bond acceptors (Lipinski definition) is 7. The quantitative estimate of drug-likeness (QED) is 0.209. The molecule has 1 heterocycles. The zero-order chi connectivity index (χ0) is 33.9. The van der Waals surface area contributed by atoms with Crippen LogP contribution in [-0.4, -0.2) is 83.4 Å². The molecule has 1 aliphatic heterocycles. The molecule has 0 bridgehead atoms. The number of likely N-dealkylation sites (tertiary alicyclic amines) is 1. The summed E-state index contributed by atoms with van der Waals surface area (Å²) < 4.78 is 43.2. The lowest BCUT2D eigenvalue weighted by atomic mass is 9.85. The van der Waals surface area contributed by atoms with Crippen molar-refractivity contribution in [3.05, 3.63) is 0 Å². The van der Waals surface area contributed by atoms with E-state index >= 15 is 0 Å². The molecule has 0 aromatic heterocycles. The van der Waals surface area contributed by atoms with Crippen molar-refractivity contribution in [3.8, 4) is 0 Å². The first-order chi connectivity index (χ1) is 19.4. The lowest BCUT2D eigenvalue weighted by molar-refractivity contribution is -0.153. The van der Waals surface area contributed by atoms with Crippen molar-refractivity contribution < 1.29 is 46.7 Å². The van der Waals surface area contributed by atoms with E-state index in [4.69, 9.17) is 10.5 Å². The number of rotatable bonds is 10. The largest absolute Gasteiger partial charge is 0.459 e. The van der Waals surface area contributed by atoms with E-state index in [-0.39, 0.29) is 20.4 Å². The van der Waals surface area contributed by atoms with Gasteiger partial charge in [0.15, 0.2) is 0 Å². The summed E-state index contributed by atoms with van der Waals surface area (Å²) in [5.74, 6) is -4.33. The molecule has 1 fully saturated rings. The lowest BCUT2D eigenvalue weighted by Crippen LogP contribution is -2.60. The van der Waals surface area contributed by atoms with Crippen molar-refractivity contribution in [2.24, 2.45) is 17.1 Å². The Bertz CT molecular complexity index is 1000. The van der Waals surface area contributed by atoms with Gasteiger partial charge in [-0.2, -0.15) is 13.2 Å². The minimum atomic E-state index is -4.65. The van der Waals surface area contributed by atoms with Crippen molar-refractivity contribution >= 4 is 35.5 Å². The number of hydrogen-bond donors (Lipinski definition) is 4. The van der Waals surface area contributed by atoms with Crippen LogP contribution in [0.3, 0.4) is 0 Å². The van der Waals surface area contributed by atoms with Gasteiger partial charge in [-0.05, 0) is 51.4 Å². The Morgan fingerprint density at radius 2 is 1.48 bits per heavy atom. The Labute approximate surface area is 258 Å². The van der Waals surface area contributed by atoms with Crippen LogP contribution in [0.2, 0.25) is 0 Å². The first-order valence-electron chi connectivity index (χ1n) is 14.1. The molecule has 1 rings (SSSR count). The molecule has 0 radical (unpaired) electrons. The van der Waals surface area contributed by atoms with Crippen molar-refractivity contribution in [3.63, 3.8) is 0 Å². The van der Waals surface area contributed by atoms with E-state index in [2.05, 4.69) is 36.7 Å². The van der Waals surface area contributed by atoms with Gasteiger partial charge in [-0.25, -0.2) is 4.79 Å². The molecule has 3 atom stereocenters. The van der Waals surface area contributed by atoms with Crippen LogP contribution in [0.1, 0.15) is 95.4 Å². The number of halogens is 3. The van der Waals surface area contributed by atoms with Crippen LogP contribution in [0.25, 0.3) is 0 Å². The van der Waals surface area contributed by atoms with Crippen molar-refractivity contribution in [2.45, 2.75) is 125 Å². The van der Waals surface area contributed by atoms with Crippen LogP contribution in [0, 0.1) is 11.3 Å². The minimum Gasteiger partial charge on any atom is -0.459 e. The van der Waals surface area contributed by atoms with Gasteiger partial charge in [-0.15, -0.1) is 0 Å². The number of nitrogens with zero attached hydrogens (tertiary/aromatic N) is 1. The number of amides is 5. The molecular weight excluding hydrogens is 587 g/mol. The van der Waals surface area contributed by atoms with Crippen LogP contribution in [0.4, 0.5) is 18.0 Å². The molecule has 0 aromatic rings. The summed E-state index contributed by atoms with van der Waals surface area (Å²) in [6.45, 7) is 16.1. The van der Waals surface area contributed by atoms with E-state index in [1.54, 1.807) is 41.5 Å². The summed E-state index contributed by atoms with van der Waals surface area (Å²) in [6.07, 6.45) is -6.50. The van der Waals surface area contributed by atoms with Crippen molar-refractivity contribution in [1.82, 2.24) is 20.9 Å². The average molecular weight is 640 g/mol. The van der Waals surface area contributed by atoms with Gasteiger partial charge in [0.05, 0.1) is 6.04 Å². The number of carbonyl (C=O) groups excluding carboxylic acids is 6. The van der Waals surface area contributed by atoms with Crippen LogP contribution in [-0.2, 0) is 28.7 Å². The highest BCUT2D eigenvalue weighted by Crippen LogP contribution is 2.27. The summed E-state index contributed by atoms with van der Waals surface area (Å²) in [6, 6.07) is -4.99. The van der Waals surface area contributed by atoms with E-state index < -0.39 is 90.2 Å². The van der Waals surface area contributed by atoms with E-state index in [9.17, 15) is 41.9 Å². The third-order valence-electron chi connectivity index (χ3n) is 5.63. The fraction of sp³-hybridized carbons (Fsp3) is 0.793. The first kappa shape index (κ1) is 42.7. The number of alkyl halides is 3. The number of primary amides is 1. The summed E-state index contributed by atoms with van der Waals surface area (Å²) in [5.41, 5.74) is 3.30. The Morgan fingerprint density at radius 3 is 1.91 bits per heavy atom. The number of nitrogens with one attached hydrogen (secondary N) is 3. The van der Waals surface area contributed by atoms with Crippen molar-refractivity contribution in [2.75, 3.05) is 13.1 Å². The lowest BCUT2D eigenvalue weighted by Gasteiger charge is -2.35. The van der Waals surface area contributed by atoms with Crippen LogP contribution in [0.15, 0.2) is 0 Å². The molecule has 1 saturated heterocycles. The summed E-state index contributed by atoms with van der Waals surface area (Å²) in [7, 11) is 0. The third-order valence-corrected chi connectivity index (χ3v) is 5.63. The van der Waals surface area contributed by atoms with Gasteiger partial charge in [0, 0.05) is 13.0 Å². The summed E-state index contributed by atoms with van der Waals surface area (Å²) >= 11 is 0. The monoisotopic (exact) mass is 639 g/mol. The molecule has 0 saturated carbocycles. The molecule has 256 valence electrons. The first-order valence-corrected chi connectivity index (χ1v) is 14.1. The molecular formula is C29H52F3N5O7. The van der Waals surface area contributed by atoms with Gasteiger partial charge in [0.2, 0.25) is 17.6 Å². The second kappa shape index (κ2) is 17.8. The fourth-order valence-electron chi connectivity index (χ4n) is 3.85. The number of nitrogens with two attached hydrogens (primary N) is 1. The molecule has 44 heavy (non-hydrogen) atoms. The molecule has 5 amide bonds. The maximum atomic E-state index is 13.5. The van der Waals surface area contributed by atoms with E-state index in [1.807, 2.05) is 0 Å². The van der Waals surface area contributed by atoms with Gasteiger partial charge in [-0.3, -0.25) is 24.0 Å². The third kappa shape index (κ3) is 17.0. The molecule has 0 aromatic carbocycles. The van der Waals surface area contributed by atoms with E-state index in [0.29, 0.717) is 6.42 Å². The zero-order valence-corrected chi connectivity index (χ0v) is 26.6. The summed E-state index contributed by atoms with van der Waals surface area (Å²) in [5, 5.41) is 6.95. The predicted octanol–water partition coefficient (Wildman–Crippen LogP) is 3.21. The standard InChI is InChI=1S/C24H38F3N5O7.C4H10.CH4/c1-22(2,3)17(31-21(38)29-12-15(33)39-23(4,5)6)20(37)32-11-7-8-14(32)19(36)30-13(16(34)18(28)35)9-10-24(25,26)27;1-4(2)3;/h13-14,17H,7-12H2,1-6H3,(H2,28,35)(H,30,36)(H2,29,31,38);4H,1-3H3;1H4/t13?,14-,17+;;/m0../s1. The smallest absolute Gasteiger partial charge is 0.389 e. The van der Waals surface area contributed by atoms with Crippen LogP contribution < -0.4 is 21.7 Å². The number of esters is 1. The number of ether oxygens (including phenoxy) is 1. The van der Waals surface area contributed by atoms with Gasteiger partial charge in [0.1, 0.15) is 24.2 Å². The number of Topliss-reactive ketones (excluding diaryl/α,β-unsaturated/α-hetero) is 1. The van der Waals surface area contributed by atoms with Gasteiger partial charge < -0.3 is 31.3 Å². The Hall–Kier alpha value is -3.39. The SMILES string of the molecule is C.CC(C)(C)OC(=O)CNC(=O)N[C@H](C(=O)N1CCC[C@H]1C(=O)NC(CCC(F)(F)F)C(=O)C(N)=O)C(C)(C)C.CC(C)C. The number of carbonyl (C=O) groups is 6. The maximum absolute atomic E-state index is 13.5. The van der Waals surface area contributed by atoms with Crippen molar-refractivity contribution in [1.29, 1.82) is 0 Å². The second-order valence-electron chi connectivity index (χ2n) is 13.1. The topological polar surface area (TPSA) is 177 Å². The molecule has 15 heteroatoms. The Balaban J connectivity index is 0. The van der Waals surface area contributed by atoms with Gasteiger partial charge in [0.25, 0.3) is 5.91 Å². The normalized spacial score (nSPS) is 16.4. The highest BCUT2D eigenvalue weighted by molar-refractivity contribution is 6.37. The molecule has 0 aliphatic carbocycles. The van der Waals surface area contributed by atoms with Gasteiger partial charge in [-0.1, -0.05) is 49.0 Å². The predicted molar refractivity (Wildman–Crippen MR) is 159 cm³/mol. The average Bonchev–Trinajstić information content (AvgIpc) is 3.30. The fourth-order valence-corrected chi connectivity index (χ4v) is 3.85. The zero-order valence-electron chi connectivity index (χ0n) is 26.6. The molecule has 5 N–H and O–H groups in total.